The Bertz CT molecular complexity index is 1190. The van der Waals surface area contributed by atoms with Crippen LogP contribution in [0.1, 0.15) is 31.1 Å². The highest BCUT2D eigenvalue weighted by molar-refractivity contribution is 6.29. The molecule has 33 heavy (non-hydrogen) atoms. The van der Waals surface area contributed by atoms with Crippen LogP contribution in [0.25, 0.3) is 11.1 Å². The first-order chi connectivity index (χ1) is 15.6. The molecule has 0 spiro atoms. The molecular formula is C23H22ClN3O6. The van der Waals surface area contributed by atoms with Crippen LogP contribution in [-0.2, 0) is 4.74 Å². The Morgan fingerprint density at radius 3 is 2.48 bits per heavy atom. The van der Waals surface area contributed by atoms with Gasteiger partial charge in [0, 0.05) is 35.1 Å². The number of carboxylic acids is 1. The molecule has 2 heterocycles. The number of aromatic nitrogens is 2. The van der Waals surface area contributed by atoms with Crippen LogP contribution in [0.5, 0.6) is 17.4 Å². The summed E-state index contributed by atoms with van der Waals surface area (Å²) in [5, 5.41) is 12.4. The van der Waals surface area contributed by atoms with E-state index in [9.17, 15) is 14.7 Å². The van der Waals surface area contributed by atoms with E-state index in [1.165, 1.54) is 31.6 Å². The first-order valence-electron chi connectivity index (χ1n) is 9.77. The van der Waals surface area contributed by atoms with Gasteiger partial charge in [-0.3, -0.25) is 5.32 Å². The number of amides is 1. The quantitative estimate of drug-likeness (QED) is 0.443. The molecule has 9 nitrogen and oxygen atoms in total. The van der Waals surface area contributed by atoms with Crippen molar-refractivity contribution in [3.8, 4) is 28.5 Å². The highest BCUT2D eigenvalue weighted by atomic mass is 35.5. The van der Waals surface area contributed by atoms with Crippen LogP contribution in [0.3, 0.4) is 0 Å². The normalized spacial score (nSPS) is 10.9. The van der Waals surface area contributed by atoms with E-state index in [-0.39, 0.29) is 22.2 Å². The Hall–Kier alpha value is -3.85. The average Bonchev–Trinajstić information content (AvgIpc) is 2.72. The Morgan fingerprint density at radius 1 is 1.06 bits per heavy atom. The smallest absolute Gasteiger partial charge is 0.412 e. The van der Waals surface area contributed by atoms with Crippen LogP contribution in [0, 0.1) is 0 Å². The Morgan fingerprint density at radius 2 is 1.82 bits per heavy atom. The summed E-state index contributed by atoms with van der Waals surface area (Å²) in [6.45, 7) is 5.30. The van der Waals surface area contributed by atoms with Crippen LogP contribution in [0.4, 0.5) is 10.5 Å². The molecule has 0 radical (unpaired) electrons. The zero-order chi connectivity index (χ0) is 24.2. The van der Waals surface area contributed by atoms with Crippen LogP contribution in [0.15, 0.2) is 48.8 Å². The molecule has 2 N–H and O–H groups in total. The second-order valence-electron chi connectivity index (χ2n) is 7.84. The molecular weight excluding hydrogens is 450 g/mol. The molecule has 0 aliphatic carbocycles. The minimum Gasteiger partial charge on any atom is -0.494 e. The van der Waals surface area contributed by atoms with Crippen molar-refractivity contribution in [1.29, 1.82) is 0 Å². The molecule has 1 aromatic carbocycles. The first kappa shape index (κ1) is 23.8. The molecule has 1 amide bonds. The van der Waals surface area contributed by atoms with Gasteiger partial charge in [0.25, 0.3) is 0 Å². The molecule has 3 rings (SSSR count). The first-order valence-corrected chi connectivity index (χ1v) is 10.1. The van der Waals surface area contributed by atoms with Gasteiger partial charge in [0.1, 0.15) is 22.3 Å². The fraction of sp³-hybridized carbons (Fsp3) is 0.217. The number of carbonyl (C=O) groups excluding carboxylic acids is 1. The number of benzene rings is 1. The van der Waals surface area contributed by atoms with E-state index in [1.807, 2.05) is 0 Å². The fourth-order valence-electron chi connectivity index (χ4n) is 2.86. The van der Waals surface area contributed by atoms with E-state index in [4.69, 9.17) is 25.8 Å². The van der Waals surface area contributed by atoms with Crippen molar-refractivity contribution in [3.63, 3.8) is 0 Å². The number of hydrogen-bond donors (Lipinski definition) is 2. The second-order valence-corrected chi connectivity index (χ2v) is 8.22. The maximum atomic E-state index is 12.0. The highest BCUT2D eigenvalue weighted by Gasteiger charge is 2.19. The number of rotatable bonds is 6. The SMILES string of the molecule is COc1cnc(Cl)cc1-c1cc(Oc2cccc(NC(=O)OC(C)(C)C)c2)ncc1C(=O)O. The number of aromatic carboxylic acids is 1. The molecule has 172 valence electrons. The van der Waals surface area contributed by atoms with Crippen molar-refractivity contribution in [3.05, 3.63) is 59.5 Å². The van der Waals surface area contributed by atoms with Gasteiger partial charge in [0.2, 0.25) is 5.88 Å². The third-order valence-corrected chi connectivity index (χ3v) is 4.36. The third-order valence-electron chi connectivity index (χ3n) is 4.16. The van der Waals surface area contributed by atoms with Gasteiger partial charge in [-0.25, -0.2) is 19.6 Å². The molecule has 0 saturated carbocycles. The number of halogens is 1. The van der Waals surface area contributed by atoms with Gasteiger partial charge in [-0.2, -0.15) is 0 Å². The maximum Gasteiger partial charge on any atom is 0.412 e. The summed E-state index contributed by atoms with van der Waals surface area (Å²) in [5.41, 5.74) is 0.454. The lowest BCUT2D eigenvalue weighted by atomic mass is 10.0. The maximum absolute atomic E-state index is 12.0. The summed E-state index contributed by atoms with van der Waals surface area (Å²) in [6.07, 6.45) is 1.98. The molecule has 0 bridgehead atoms. The summed E-state index contributed by atoms with van der Waals surface area (Å²) < 4.78 is 16.4. The molecule has 0 aliphatic heterocycles. The van der Waals surface area contributed by atoms with Crippen LogP contribution in [-0.4, -0.2) is 39.8 Å². The third kappa shape index (κ3) is 6.33. The van der Waals surface area contributed by atoms with Gasteiger partial charge in [0.15, 0.2) is 0 Å². The summed E-state index contributed by atoms with van der Waals surface area (Å²) >= 11 is 6.02. The van der Waals surface area contributed by atoms with E-state index in [2.05, 4.69) is 15.3 Å². The number of methoxy groups -OCH3 is 1. The lowest BCUT2D eigenvalue weighted by molar-refractivity contribution is 0.0634. The van der Waals surface area contributed by atoms with Crippen molar-refractivity contribution >= 4 is 29.4 Å². The second kappa shape index (κ2) is 9.74. The lowest BCUT2D eigenvalue weighted by Gasteiger charge is -2.19. The van der Waals surface area contributed by atoms with Crippen LogP contribution >= 0.6 is 11.6 Å². The molecule has 0 saturated heterocycles. The van der Waals surface area contributed by atoms with Gasteiger partial charge < -0.3 is 19.3 Å². The van der Waals surface area contributed by atoms with Gasteiger partial charge in [-0.1, -0.05) is 17.7 Å². The van der Waals surface area contributed by atoms with Crippen molar-refractivity contribution in [1.82, 2.24) is 9.97 Å². The zero-order valence-corrected chi connectivity index (χ0v) is 19.1. The van der Waals surface area contributed by atoms with E-state index < -0.39 is 17.7 Å². The van der Waals surface area contributed by atoms with Crippen LogP contribution < -0.4 is 14.8 Å². The standard InChI is InChI=1S/C23H22ClN3O6/c1-23(2,3)33-22(30)27-13-6-5-7-14(8-13)32-20-10-15(17(11-26-20)21(28)29)16-9-19(24)25-12-18(16)31-4/h5-12H,1-4H3,(H,27,30)(H,28,29). The molecule has 0 fully saturated rings. The van der Waals surface area contributed by atoms with Crippen molar-refractivity contribution < 1.29 is 28.9 Å². The molecule has 0 atom stereocenters. The largest absolute Gasteiger partial charge is 0.494 e. The Labute approximate surface area is 195 Å². The highest BCUT2D eigenvalue weighted by Crippen LogP contribution is 2.36. The van der Waals surface area contributed by atoms with E-state index in [0.29, 0.717) is 22.7 Å². The van der Waals surface area contributed by atoms with Gasteiger partial charge in [-0.15, -0.1) is 0 Å². The minimum atomic E-state index is -1.18. The predicted molar refractivity (Wildman–Crippen MR) is 122 cm³/mol. The van der Waals surface area contributed by atoms with E-state index in [0.717, 1.165) is 0 Å². The molecule has 10 heteroatoms. The summed E-state index contributed by atoms with van der Waals surface area (Å²) in [4.78, 5) is 31.8. The number of anilines is 1. The summed E-state index contributed by atoms with van der Waals surface area (Å²) in [5.74, 6) is -0.352. The monoisotopic (exact) mass is 471 g/mol. The van der Waals surface area contributed by atoms with Crippen molar-refractivity contribution in [2.24, 2.45) is 0 Å². The fourth-order valence-corrected chi connectivity index (χ4v) is 3.01. The van der Waals surface area contributed by atoms with Gasteiger partial charge in [-0.05, 0) is 39.0 Å². The average molecular weight is 472 g/mol. The number of nitrogens with one attached hydrogen (secondary N) is 1. The number of ether oxygens (including phenoxy) is 3. The predicted octanol–water partition coefficient (Wildman–Crippen LogP) is 5.64. The number of nitrogens with zero attached hydrogens (tertiary/aromatic N) is 2. The lowest BCUT2D eigenvalue weighted by Crippen LogP contribution is -2.27. The molecule has 0 aliphatic rings. The summed E-state index contributed by atoms with van der Waals surface area (Å²) in [7, 11) is 1.44. The zero-order valence-electron chi connectivity index (χ0n) is 18.4. The van der Waals surface area contributed by atoms with Gasteiger partial charge in [0.05, 0.1) is 18.9 Å². The topological polar surface area (TPSA) is 120 Å². The van der Waals surface area contributed by atoms with E-state index in [1.54, 1.807) is 45.0 Å². The Balaban J connectivity index is 1.92. The number of carboxylic acid groups (broad SMARTS) is 1. The number of hydrogen-bond acceptors (Lipinski definition) is 7. The molecule has 0 unspecified atom stereocenters. The van der Waals surface area contributed by atoms with Crippen LogP contribution in [0.2, 0.25) is 5.15 Å². The van der Waals surface area contributed by atoms with Crippen molar-refractivity contribution in [2.45, 2.75) is 26.4 Å². The van der Waals surface area contributed by atoms with E-state index >= 15 is 0 Å². The Kier molecular flexibility index (Phi) is 7.03. The van der Waals surface area contributed by atoms with Gasteiger partial charge >= 0.3 is 12.1 Å². The summed E-state index contributed by atoms with van der Waals surface area (Å²) in [6, 6.07) is 9.56. The number of carbonyl (C=O) groups is 2. The number of pyridine rings is 2. The molecule has 2 aromatic heterocycles. The van der Waals surface area contributed by atoms with Crippen molar-refractivity contribution in [2.75, 3.05) is 12.4 Å². The molecule has 3 aromatic rings. The minimum absolute atomic E-state index is 0.0664.